The fourth-order valence-corrected chi connectivity index (χ4v) is 4.44. The van der Waals surface area contributed by atoms with Gasteiger partial charge in [0, 0.05) is 5.57 Å². The highest BCUT2D eigenvalue weighted by Crippen LogP contribution is 2.40. The highest BCUT2D eigenvalue weighted by molar-refractivity contribution is 8.03. The average molecular weight is 570 g/mol. The maximum atomic E-state index is 12.8. The molecule has 2 aliphatic rings. The molecule has 0 saturated carbocycles. The van der Waals surface area contributed by atoms with Crippen molar-refractivity contribution >= 4 is 82.1 Å². The standard InChI is InChI=1S/C18H15Cl3N4O9S/c1-32-24-9(8-3-2-4-33-8)12(26)22-10-13(27)25-11(15(28)29)7(6-35-14(10)25)5-34-17(31)23-16(30)18(19,20)21/h2-4,6,10-11,14H,5H2,1H3,(H,22,26)(H,28,29)(H,23,30,31)/b24-9-/t10-,11?,14-/m1/s1. The van der Waals surface area contributed by atoms with Crippen molar-refractivity contribution in [3.05, 3.63) is 35.1 Å². The third-order valence-corrected chi connectivity index (χ3v) is 6.32. The first-order valence-corrected chi connectivity index (χ1v) is 11.4. The molecule has 35 heavy (non-hydrogen) atoms. The summed E-state index contributed by atoms with van der Waals surface area (Å²) in [5, 5.41) is 18.1. The number of hydrogen-bond donors (Lipinski definition) is 3. The Labute approximate surface area is 215 Å². The van der Waals surface area contributed by atoms with Crippen molar-refractivity contribution in [1.82, 2.24) is 15.5 Å². The van der Waals surface area contributed by atoms with Crippen LogP contribution in [0.4, 0.5) is 4.79 Å². The van der Waals surface area contributed by atoms with Crippen molar-refractivity contribution in [3.63, 3.8) is 0 Å². The Morgan fingerprint density at radius 3 is 2.60 bits per heavy atom. The van der Waals surface area contributed by atoms with Crippen LogP contribution in [-0.4, -0.2) is 80.5 Å². The molecule has 188 valence electrons. The summed E-state index contributed by atoms with van der Waals surface area (Å²) in [6.45, 7) is -0.584. The summed E-state index contributed by atoms with van der Waals surface area (Å²) in [7, 11) is 1.23. The number of carboxylic acid groups (broad SMARTS) is 1. The molecule has 0 spiro atoms. The number of rotatable bonds is 7. The lowest BCUT2D eigenvalue weighted by atomic mass is 9.98. The zero-order valence-corrected chi connectivity index (χ0v) is 20.5. The number of carbonyl (C=O) groups excluding carboxylic acids is 4. The number of aliphatic carboxylic acids is 1. The summed E-state index contributed by atoms with van der Waals surface area (Å²) in [5.41, 5.74) is -0.190. The predicted octanol–water partition coefficient (Wildman–Crippen LogP) is 0.990. The molecule has 1 unspecified atom stereocenters. The number of carbonyl (C=O) groups is 5. The normalized spacial score (nSPS) is 21.8. The molecule has 2 aliphatic heterocycles. The number of nitrogens with one attached hydrogen (secondary N) is 2. The van der Waals surface area contributed by atoms with Crippen LogP contribution in [-0.2, 0) is 28.8 Å². The van der Waals surface area contributed by atoms with E-state index < -0.39 is 57.6 Å². The van der Waals surface area contributed by atoms with Crippen LogP contribution in [0.15, 0.2) is 38.9 Å². The van der Waals surface area contributed by atoms with Crippen molar-refractivity contribution < 1.29 is 43.1 Å². The second-order valence-electron chi connectivity index (χ2n) is 6.78. The number of β-lactam (4-membered cyclic amide) rings is 1. The summed E-state index contributed by atoms with van der Waals surface area (Å²) < 4.78 is 7.55. The van der Waals surface area contributed by atoms with Gasteiger partial charge >= 0.3 is 12.1 Å². The Bertz CT molecular complexity index is 1100. The highest BCUT2D eigenvalue weighted by atomic mass is 35.6. The molecule has 0 aliphatic carbocycles. The highest BCUT2D eigenvalue weighted by Gasteiger charge is 2.56. The molecule has 4 amide bonds. The van der Waals surface area contributed by atoms with E-state index in [1.54, 1.807) is 5.32 Å². The number of oxime groups is 1. The van der Waals surface area contributed by atoms with Crippen LogP contribution in [0.3, 0.4) is 0 Å². The lowest BCUT2D eigenvalue weighted by molar-refractivity contribution is -0.160. The van der Waals surface area contributed by atoms with Gasteiger partial charge in [-0.3, -0.25) is 19.7 Å². The van der Waals surface area contributed by atoms with E-state index in [1.165, 1.54) is 30.9 Å². The van der Waals surface area contributed by atoms with Gasteiger partial charge in [0.25, 0.3) is 15.6 Å². The summed E-state index contributed by atoms with van der Waals surface area (Å²) >= 11 is 17.0. The molecule has 0 bridgehead atoms. The number of ether oxygens (including phenoxy) is 1. The smallest absolute Gasteiger partial charge is 0.414 e. The number of alkyl carbamates (subject to hydrolysis) is 1. The van der Waals surface area contributed by atoms with Crippen LogP contribution in [0.25, 0.3) is 0 Å². The number of carboxylic acids is 1. The number of fused-ring (bicyclic) bond motifs is 1. The van der Waals surface area contributed by atoms with E-state index in [4.69, 9.17) is 44.0 Å². The Morgan fingerprint density at radius 1 is 1.31 bits per heavy atom. The van der Waals surface area contributed by atoms with Gasteiger partial charge in [-0.1, -0.05) is 40.0 Å². The molecule has 0 aromatic carbocycles. The van der Waals surface area contributed by atoms with E-state index >= 15 is 0 Å². The average Bonchev–Trinajstić information content (AvgIpc) is 3.32. The molecule has 13 nitrogen and oxygen atoms in total. The van der Waals surface area contributed by atoms with Gasteiger partial charge in [-0.25, -0.2) is 9.59 Å². The summed E-state index contributed by atoms with van der Waals surface area (Å²) in [4.78, 5) is 66.2. The maximum absolute atomic E-state index is 12.8. The minimum atomic E-state index is -2.41. The van der Waals surface area contributed by atoms with Gasteiger partial charge in [0.15, 0.2) is 11.8 Å². The van der Waals surface area contributed by atoms with Crippen molar-refractivity contribution in [2.75, 3.05) is 13.7 Å². The first-order valence-electron chi connectivity index (χ1n) is 9.36. The molecular formula is C18H15Cl3N4O9S. The van der Waals surface area contributed by atoms with Gasteiger partial charge in [-0.05, 0) is 17.5 Å². The summed E-state index contributed by atoms with van der Waals surface area (Å²) in [5.74, 6) is -4.05. The van der Waals surface area contributed by atoms with Gasteiger partial charge < -0.3 is 29.3 Å². The SMILES string of the molecule is CO/N=C(\C(=O)N[C@@H]1C(=O)N2C(C(=O)O)C(COC(=O)NC(=O)C(Cl)(Cl)Cl)=CS[C@H]12)c1ccco1. The number of halogens is 3. The molecule has 17 heteroatoms. The monoisotopic (exact) mass is 568 g/mol. The van der Waals surface area contributed by atoms with Crippen LogP contribution >= 0.6 is 46.6 Å². The molecule has 3 heterocycles. The lowest BCUT2D eigenvalue weighted by Gasteiger charge is -2.51. The minimum Gasteiger partial charge on any atom is -0.479 e. The first kappa shape index (κ1) is 26.7. The van der Waals surface area contributed by atoms with Crippen molar-refractivity contribution in [1.29, 1.82) is 0 Å². The number of imide groups is 1. The number of thioether (sulfide) groups is 1. The maximum Gasteiger partial charge on any atom is 0.414 e. The van der Waals surface area contributed by atoms with E-state index in [-0.39, 0.29) is 17.0 Å². The fraction of sp³-hybridized carbons (Fsp3) is 0.333. The van der Waals surface area contributed by atoms with Gasteiger partial charge in [-0.2, -0.15) is 0 Å². The van der Waals surface area contributed by atoms with Gasteiger partial charge in [0.1, 0.15) is 25.1 Å². The number of nitrogens with zero attached hydrogens (tertiary/aromatic N) is 2. The van der Waals surface area contributed by atoms with Crippen LogP contribution in [0.1, 0.15) is 5.76 Å². The van der Waals surface area contributed by atoms with Gasteiger partial charge in [0.05, 0.1) is 6.26 Å². The van der Waals surface area contributed by atoms with Gasteiger partial charge in [-0.15, -0.1) is 11.8 Å². The van der Waals surface area contributed by atoms with Crippen LogP contribution in [0.2, 0.25) is 0 Å². The van der Waals surface area contributed by atoms with E-state index in [2.05, 4.69) is 15.3 Å². The molecule has 0 radical (unpaired) electrons. The molecule has 3 atom stereocenters. The quantitative estimate of drug-likeness (QED) is 0.186. The Hall–Kier alpha value is -2.94. The predicted molar refractivity (Wildman–Crippen MR) is 122 cm³/mol. The number of amides is 4. The van der Waals surface area contributed by atoms with E-state index in [1.807, 2.05) is 0 Å². The summed E-state index contributed by atoms with van der Waals surface area (Å²) in [6, 6.07) is 0.431. The second-order valence-corrected chi connectivity index (χ2v) is 10.1. The molecule has 3 rings (SSSR count). The van der Waals surface area contributed by atoms with E-state index in [9.17, 15) is 29.1 Å². The van der Waals surface area contributed by atoms with Crippen LogP contribution in [0, 0.1) is 0 Å². The Kier molecular flexibility index (Phi) is 8.20. The molecular weight excluding hydrogens is 555 g/mol. The molecule has 1 fully saturated rings. The largest absolute Gasteiger partial charge is 0.479 e. The van der Waals surface area contributed by atoms with Crippen molar-refractivity contribution in [2.45, 2.75) is 21.3 Å². The van der Waals surface area contributed by atoms with Crippen LogP contribution < -0.4 is 10.6 Å². The fourth-order valence-electron chi connectivity index (χ4n) is 3.09. The zero-order chi connectivity index (χ0) is 25.9. The number of hydrogen-bond acceptors (Lipinski definition) is 10. The van der Waals surface area contributed by atoms with Crippen molar-refractivity contribution in [3.8, 4) is 0 Å². The zero-order valence-electron chi connectivity index (χ0n) is 17.4. The second kappa shape index (κ2) is 10.8. The van der Waals surface area contributed by atoms with Gasteiger partial charge in [0.2, 0.25) is 11.6 Å². The Balaban J connectivity index is 1.68. The molecule has 1 aromatic rings. The van der Waals surface area contributed by atoms with Crippen molar-refractivity contribution in [2.24, 2.45) is 5.16 Å². The number of furan rings is 1. The lowest BCUT2D eigenvalue weighted by Crippen LogP contribution is -2.74. The summed E-state index contributed by atoms with van der Waals surface area (Å²) in [6.07, 6.45) is 0.0296. The first-order chi connectivity index (χ1) is 16.5. The number of alkyl halides is 3. The molecule has 1 aromatic heterocycles. The molecule has 1 saturated heterocycles. The minimum absolute atomic E-state index is 0.0329. The Morgan fingerprint density at radius 2 is 2.03 bits per heavy atom. The third-order valence-electron chi connectivity index (χ3n) is 4.58. The van der Waals surface area contributed by atoms with Crippen LogP contribution in [0.5, 0.6) is 0 Å². The topological polar surface area (TPSA) is 177 Å². The van der Waals surface area contributed by atoms with E-state index in [0.717, 1.165) is 16.7 Å². The molecule has 3 N–H and O–H groups in total. The van der Waals surface area contributed by atoms with E-state index in [0.29, 0.717) is 0 Å². The third kappa shape index (κ3) is 5.83.